The van der Waals surface area contributed by atoms with Crippen molar-refractivity contribution in [2.24, 2.45) is 0 Å². The molecular formula is C36H59NO8S. The van der Waals surface area contributed by atoms with E-state index >= 15 is 0 Å². The van der Waals surface area contributed by atoms with Gasteiger partial charge in [-0.25, -0.2) is 4.79 Å². The SMILES string of the molecule is CCOC(=O)C(CCOS(C)(=O)=O)Oc1cc(OC2CCCCCCCCCC2)cc(C(=O)NC2CCCCCCCCCC2)c1. The first-order valence-corrected chi connectivity index (χ1v) is 19.9. The summed E-state index contributed by atoms with van der Waals surface area (Å²) in [6.07, 6.45) is 23.0. The Morgan fingerprint density at radius 2 is 1.26 bits per heavy atom. The van der Waals surface area contributed by atoms with Crippen LogP contribution in [0.1, 0.15) is 152 Å². The second-order valence-corrected chi connectivity index (χ2v) is 14.7. The van der Waals surface area contributed by atoms with E-state index in [-0.39, 0.29) is 37.7 Å². The molecule has 1 unspecified atom stereocenters. The highest BCUT2D eigenvalue weighted by Crippen LogP contribution is 2.29. The molecule has 46 heavy (non-hydrogen) atoms. The number of ether oxygens (including phenoxy) is 3. The molecule has 0 bridgehead atoms. The van der Waals surface area contributed by atoms with Crippen LogP contribution in [0.4, 0.5) is 0 Å². The molecule has 262 valence electrons. The predicted octanol–water partition coefficient (Wildman–Crippen LogP) is 8.04. The van der Waals surface area contributed by atoms with Crippen LogP contribution in [0, 0.1) is 0 Å². The monoisotopic (exact) mass is 665 g/mol. The van der Waals surface area contributed by atoms with Gasteiger partial charge in [-0.3, -0.25) is 8.98 Å². The van der Waals surface area contributed by atoms with Crippen molar-refractivity contribution in [3.63, 3.8) is 0 Å². The van der Waals surface area contributed by atoms with Crippen LogP contribution >= 0.6 is 0 Å². The normalized spacial score (nSPS) is 19.5. The lowest BCUT2D eigenvalue weighted by molar-refractivity contribution is -0.152. The van der Waals surface area contributed by atoms with Crippen LogP contribution in [-0.2, 0) is 23.8 Å². The summed E-state index contributed by atoms with van der Waals surface area (Å²) in [5.41, 5.74) is 0.411. The number of carbonyl (C=O) groups is 2. The van der Waals surface area contributed by atoms with Crippen molar-refractivity contribution in [1.82, 2.24) is 5.32 Å². The third-order valence-electron chi connectivity index (χ3n) is 8.94. The first-order chi connectivity index (χ1) is 22.2. The molecule has 1 N–H and O–H groups in total. The van der Waals surface area contributed by atoms with E-state index in [1.807, 2.05) is 0 Å². The summed E-state index contributed by atoms with van der Waals surface area (Å²) >= 11 is 0. The molecule has 1 aromatic rings. The van der Waals surface area contributed by atoms with Crippen LogP contribution in [0.15, 0.2) is 18.2 Å². The first kappa shape index (κ1) is 38.1. The van der Waals surface area contributed by atoms with E-state index in [0.29, 0.717) is 17.1 Å². The van der Waals surface area contributed by atoms with Gasteiger partial charge in [0.15, 0.2) is 6.10 Å². The summed E-state index contributed by atoms with van der Waals surface area (Å²) in [7, 11) is -3.69. The molecule has 0 spiro atoms. The van der Waals surface area contributed by atoms with Gasteiger partial charge in [0.2, 0.25) is 0 Å². The van der Waals surface area contributed by atoms with Gasteiger partial charge >= 0.3 is 5.97 Å². The highest BCUT2D eigenvalue weighted by molar-refractivity contribution is 7.85. The Kier molecular flexibility index (Phi) is 17.8. The summed E-state index contributed by atoms with van der Waals surface area (Å²) in [6, 6.07) is 5.24. The quantitative estimate of drug-likeness (QED) is 0.176. The Labute approximate surface area is 278 Å². The lowest BCUT2D eigenvalue weighted by Gasteiger charge is -2.23. The molecule has 2 fully saturated rings. The standard InChI is InChI=1S/C36H59NO8S/c1-3-42-36(39)34(24-25-43-46(2,40)41)45-33-27-29(35(38)37-30-20-16-12-8-4-5-9-13-17-21-30)26-32(28-33)44-31-22-18-14-10-6-7-11-15-19-23-31/h26-28,30-31,34H,3-25H2,1-2H3,(H,37,38). The van der Waals surface area contributed by atoms with Gasteiger partial charge in [-0.05, 0) is 57.6 Å². The third-order valence-corrected chi connectivity index (χ3v) is 9.54. The molecule has 2 aliphatic rings. The van der Waals surface area contributed by atoms with Crippen LogP contribution in [-0.4, -0.2) is 58.0 Å². The minimum Gasteiger partial charge on any atom is -0.490 e. The van der Waals surface area contributed by atoms with Gasteiger partial charge < -0.3 is 19.5 Å². The van der Waals surface area contributed by atoms with Gasteiger partial charge in [0, 0.05) is 24.1 Å². The number of carbonyl (C=O) groups excluding carboxylic acids is 2. The Bertz CT molecular complexity index is 1120. The summed E-state index contributed by atoms with van der Waals surface area (Å²) in [5, 5.41) is 3.29. The van der Waals surface area contributed by atoms with E-state index in [4.69, 9.17) is 18.4 Å². The number of amides is 1. The average molecular weight is 666 g/mol. The van der Waals surface area contributed by atoms with E-state index in [9.17, 15) is 18.0 Å². The van der Waals surface area contributed by atoms with Gasteiger partial charge in [-0.15, -0.1) is 0 Å². The predicted molar refractivity (Wildman–Crippen MR) is 181 cm³/mol. The number of benzene rings is 1. The molecule has 0 aliphatic heterocycles. The van der Waals surface area contributed by atoms with Crippen LogP contribution < -0.4 is 14.8 Å². The second kappa shape index (κ2) is 21.5. The number of hydrogen-bond acceptors (Lipinski definition) is 8. The van der Waals surface area contributed by atoms with Crippen molar-refractivity contribution in [3.05, 3.63) is 23.8 Å². The Morgan fingerprint density at radius 1 is 0.761 bits per heavy atom. The van der Waals surface area contributed by atoms with Crippen LogP contribution in [0.2, 0.25) is 0 Å². The molecule has 2 saturated carbocycles. The number of rotatable bonds is 12. The van der Waals surface area contributed by atoms with E-state index in [0.717, 1.165) is 57.6 Å². The third kappa shape index (κ3) is 16.0. The molecule has 1 aromatic carbocycles. The van der Waals surface area contributed by atoms with Gasteiger partial charge in [-0.1, -0.05) is 89.9 Å². The highest BCUT2D eigenvalue weighted by atomic mass is 32.2. The molecular weight excluding hydrogens is 606 g/mol. The van der Waals surface area contributed by atoms with Crippen molar-refractivity contribution in [2.75, 3.05) is 19.5 Å². The van der Waals surface area contributed by atoms with Gasteiger partial charge in [0.05, 0.1) is 25.6 Å². The fourth-order valence-electron chi connectivity index (χ4n) is 6.43. The Balaban J connectivity index is 1.84. The zero-order valence-electron chi connectivity index (χ0n) is 28.4. The number of hydrogen-bond donors (Lipinski definition) is 1. The Hall–Kier alpha value is -2.33. The smallest absolute Gasteiger partial charge is 0.347 e. The molecule has 2 aliphatic carbocycles. The van der Waals surface area contributed by atoms with Crippen molar-refractivity contribution in [3.8, 4) is 11.5 Å². The number of esters is 1. The van der Waals surface area contributed by atoms with Crippen molar-refractivity contribution in [1.29, 1.82) is 0 Å². The summed E-state index contributed by atoms with van der Waals surface area (Å²) in [4.78, 5) is 26.6. The maximum absolute atomic E-state index is 13.8. The first-order valence-electron chi connectivity index (χ1n) is 18.0. The van der Waals surface area contributed by atoms with Crippen molar-refractivity contribution < 1.29 is 36.4 Å². The highest BCUT2D eigenvalue weighted by Gasteiger charge is 2.25. The largest absolute Gasteiger partial charge is 0.490 e. The topological polar surface area (TPSA) is 117 Å². The molecule has 0 aromatic heterocycles. The van der Waals surface area contributed by atoms with Gasteiger partial charge in [-0.2, -0.15) is 8.42 Å². The zero-order chi connectivity index (χ0) is 33.0. The maximum Gasteiger partial charge on any atom is 0.347 e. The van der Waals surface area contributed by atoms with E-state index in [1.165, 1.54) is 77.0 Å². The molecule has 1 amide bonds. The zero-order valence-corrected chi connectivity index (χ0v) is 29.2. The van der Waals surface area contributed by atoms with E-state index in [2.05, 4.69) is 5.32 Å². The minimum atomic E-state index is -3.69. The van der Waals surface area contributed by atoms with Crippen LogP contribution in [0.5, 0.6) is 11.5 Å². The summed E-state index contributed by atoms with van der Waals surface area (Å²) in [5.74, 6) is 0.00239. The van der Waals surface area contributed by atoms with Gasteiger partial charge in [0.1, 0.15) is 11.5 Å². The molecule has 1 atom stereocenters. The average Bonchev–Trinajstić information content (AvgIpc) is 3.11. The van der Waals surface area contributed by atoms with E-state index in [1.54, 1.807) is 25.1 Å². The number of nitrogens with one attached hydrogen (secondary N) is 1. The second-order valence-electron chi connectivity index (χ2n) is 13.1. The Morgan fingerprint density at radius 3 is 1.78 bits per heavy atom. The fourth-order valence-corrected chi connectivity index (χ4v) is 6.83. The molecule has 0 heterocycles. The summed E-state index contributed by atoms with van der Waals surface area (Å²) in [6.45, 7) is 1.60. The van der Waals surface area contributed by atoms with Crippen LogP contribution in [0.3, 0.4) is 0 Å². The lowest BCUT2D eigenvalue weighted by atomic mass is 10.0. The molecule has 10 heteroatoms. The van der Waals surface area contributed by atoms with Crippen LogP contribution in [0.25, 0.3) is 0 Å². The fraction of sp³-hybridized carbons (Fsp3) is 0.778. The molecule has 9 nitrogen and oxygen atoms in total. The maximum atomic E-state index is 13.8. The summed E-state index contributed by atoms with van der Waals surface area (Å²) < 4.78 is 45.9. The molecule has 0 saturated heterocycles. The lowest BCUT2D eigenvalue weighted by Crippen LogP contribution is -2.35. The van der Waals surface area contributed by atoms with Gasteiger partial charge in [0.25, 0.3) is 16.0 Å². The van der Waals surface area contributed by atoms with E-state index < -0.39 is 22.2 Å². The molecule has 0 radical (unpaired) electrons. The van der Waals surface area contributed by atoms with Crippen molar-refractivity contribution >= 4 is 22.0 Å². The molecule has 3 rings (SSSR count). The van der Waals surface area contributed by atoms with Crippen molar-refractivity contribution in [2.45, 2.75) is 160 Å². The minimum absolute atomic E-state index is 0.0236.